The number of benzene rings is 2. The maximum atomic E-state index is 13.1. The van der Waals surface area contributed by atoms with Crippen LogP contribution in [0, 0.1) is 21.4 Å². The Labute approximate surface area is 227 Å². The number of nitriles is 1. The standard InChI is InChI=1S/C23H13Cl3F3N3O4S/c1-11(21(33)16(9-30)15-4-2-13(24)7-17(15)25)37-20-8-14(3-5-19(20)32(34)35)36-22-18(26)6-12(10-31-22)23(27,28)29/h2-8,10-11,16H,1H3. The molecule has 14 heteroatoms. The summed E-state index contributed by atoms with van der Waals surface area (Å²) >= 11 is 18.7. The van der Waals surface area contributed by atoms with Crippen LogP contribution < -0.4 is 4.74 Å². The van der Waals surface area contributed by atoms with Crippen molar-refractivity contribution < 1.29 is 27.6 Å². The first-order valence-electron chi connectivity index (χ1n) is 10.1. The second-order valence-electron chi connectivity index (χ2n) is 7.39. The molecule has 3 rings (SSSR count). The molecule has 0 aliphatic rings. The number of pyridine rings is 1. The first-order chi connectivity index (χ1) is 17.3. The van der Waals surface area contributed by atoms with Crippen molar-refractivity contribution in [2.24, 2.45) is 0 Å². The van der Waals surface area contributed by atoms with Crippen LogP contribution >= 0.6 is 46.6 Å². The van der Waals surface area contributed by atoms with Gasteiger partial charge < -0.3 is 4.74 Å². The molecule has 0 aliphatic heterocycles. The number of halogens is 6. The number of hydrogen-bond acceptors (Lipinski definition) is 7. The molecule has 0 spiro atoms. The quantitative estimate of drug-likeness (QED) is 0.148. The summed E-state index contributed by atoms with van der Waals surface area (Å²) in [5.41, 5.74) is -1.20. The van der Waals surface area contributed by atoms with Gasteiger partial charge in [-0.2, -0.15) is 18.4 Å². The van der Waals surface area contributed by atoms with E-state index in [4.69, 9.17) is 39.5 Å². The number of nitro benzene ring substituents is 1. The third kappa shape index (κ3) is 6.84. The SMILES string of the molecule is CC(Sc1cc(Oc2ncc(C(F)(F)F)cc2Cl)ccc1[N+](=O)[O-])C(=O)C(C#N)c1ccc(Cl)cc1Cl. The molecule has 0 saturated carbocycles. The van der Waals surface area contributed by atoms with Crippen LogP contribution in [0.3, 0.4) is 0 Å². The van der Waals surface area contributed by atoms with Gasteiger partial charge in [0.15, 0.2) is 5.78 Å². The monoisotopic (exact) mass is 589 g/mol. The van der Waals surface area contributed by atoms with Crippen molar-refractivity contribution in [1.82, 2.24) is 4.98 Å². The van der Waals surface area contributed by atoms with Crippen molar-refractivity contribution in [3.63, 3.8) is 0 Å². The van der Waals surface area contributed by atoms with E-state index in [0.29, 0.717) is 17.3 Å². The highest BCUT2D eigenvalue weighted by Crippen LogP contribution is 2.40. The average molecular weight is 591 g/mol. The molecule has 0 aliphatic carbocycles. The fourth-order valence-electron chi connectivity index (χ4n) is 3.08. The Balaban J connectivity index is 1.88. The maximum Gasteiger partial charge on any atom is 0.417 e. The number of nitrogens with zero attached hydrogens (tertiary/aromatic N) is 3. The Morgan fingerprint density at radius 2 is 1.86 bits per heavy atom. The van der Waals surface area contributed by atoms with Gasteiger partial charge in [-0.15, -0.1) is 11.8 Å². The number of aromatic nitrogens is 1. The lowest BCUT2D eigenvalue weighted by Gasteiger charge is -2.16. The molecule has 0 saturated heterocycles. The number of carbonyl (C=O) groups is 1. The van der Waals surface area contributed by atoms with E-state index in [-0.39, 0.29) is 32.8 Å². The normalized spacial score (nSPS) is 12.9. The summed E-state index contributed by atoms with van der Waals surface area (Å²) in [6.07, 6.45) is -4.13. The zero-order valence-electron chi connectivity index (χ0n) is 18.4. The Kier molecular flexibility index (Phi) is 8.92. The minimum absolute atomic E-state index is 0.00489. The van der Waals surface area contributed by atoms with Crippen LogP contribution in [-0.4, -0.2) is 20.9 Å². The summed E-state index contributed by atoms with van der Waals surface area (Å²) in [4.78, 5) is 27.5. The highest BCUT2D eigenvalue weighted by Gasteiger charge is 2.32. The number of thioether (sulfide) groups is 1. The molecule has 0 N–H and O–H groups in total. The van der Waals surface area contributed by atoms with Gasteiger partial charge in [-0.3, -0.25) is 14.9 Å². The molecular formula is C23H13Cl3F3N3O4S. The highest BCUT2D eigenvalue weighted by atomic mass is 35.5. The number of nitro groups is 1. The van der Waals surface area contributed by atoms with Crippen LogP contribution in [0.4, 0.5) is 18.9 Å². The fourth-order valence-corrected chi connectivity index (χ4v) is 4.88. The van der Waals surface area contributed by atoms with Crippen LogP contribution in [0.1, 0.15) is 24.0 Å². The molecule has 0 radical (unpaired) electrons. The molecule has 0 amide bonds. The number of rotatable bonds is 8. The van der Waals surface area contributed by atoms with Crippen LogP contribution in [0.25, 0.3) is 0 Å². The van der Waals surface area contributed by atoms with Crippen molar-refractivity contribution in [3.05, 3.63) is 85.0 Å². The molecule has 2 aromatic carbocycles. The molecule has 3 aromatic rings. The fraction of sp³-hybridized carbons (Fsp3) is 0.174. The smallest absolute Gasteiger partial charge is 0.417 e. The van der Waals surface area contributed by atoms with Gasteiger partial charge in [0.2, 0.25) is 5.88 Å². The lowest BCUT2D eigenvalue weighted by molar-refractivity contribution is -0.387. The van der Waals surface area contributed by atoms with Gasteiger partial charge >= 0.3 is 6.18 Å². The van der Waals surface area contributed by atoms with Crippen molar-refractivity contribution in [2.75, 3.05) is 0 Å². The van der Waals surface area contributed by atoms with Crippen LogP contribution in [0.5, 0.6) is 11.6 Å². The van der Waals surface area contributed by atoms with E-state index < -0.39 is 38.6 Å². The molecule has 192 valence electrons. The van der Waals surface area contributed by atoms with E-state index in [1.165, 1.54) is 37.3 Å². The van der Waals surface area contributed by atoms with Crippen LogP contribution in [0.2, 0.25) is 15.1 Å². The molecule has 2 atom stereocenters. The molecule has 0 bridgehead atoms. The van der Waals surface area contributed by atoms with Crippen molar-refractivity contribution >= 4 is 58.0 Å². The van der Waals surface area contributed by atoms with Gasteiger partial charge in [-0.05, 0) is 36.8 Å². The zero-order valence-corrected chi connectivity index (χ0v) is 21.5. The maximum absolute atomic E-state index is 13.1. The second kappa shape index (κ2) is 11.6. The molecular weight excluding hydrogens is 578 g/mol. The van der Waals surface area contributed by atoms with Gasteiger partial charge in [-0.1, -0.05) is 40.9 Å². The molecule has 37 heavy (non-hydrogen) atoms. The Morgan fingerprint density at radius 3 is 2.43 bits per heavy atom. The number of alkyl halides is 3. The van der Waals surface area contributed by atoms with Crippen molar-refractivity contribution in [1.29, 1.82) is 5.26 Å². The van der Waals surface area contributed by atoms with Gasteiger partial charge in [0.1, 0.15) is 16.7 Å². The summed E-state index contributed by atoms with van der Waals surface area (Å²) in [6, 6.07) is 10.4. The third-order valence-electron chi connectivity index (χ3n) is 4.87. The van der Waals surface area contributed by atoms with E-state index in [2.05, 4.69) is 4.98 Å². The van der Waals surface area contributed by atoms with E-state index >= 15 is 0 Å². The highest BCUT2D eigenvalue weighted by molar-refractivity contribution is 8.00. The number of ketones is 1. The van der Waals surface area contributed by atoms with Crippen LogP contribution in [0.15, 0.2) is 53.6 Å². The van der Waals surface area contributed by atoms with E-state index in [9.17, 15) is 33.3 Å². The topological polar surface area (TPSA) is 106 Å². The predicted molar refractivity (Wildman–Crippen MR) is 133 cm³/mol. The predicted octanol–water partition coefficient (Wildman–Crippen LogP) is 8.12. The average Bonchev–Trinajstić information content (AvgIpc) is 2.81. The van der Waals surface area contributed by atoms with E-state index in [1.54, 1.807) is 0 Å². The number of carbonyl (C=O) groups excluding carboxylic acids is 1. The summed E-state index contributed by atoms with van der Waals surface area (Å²) in [5.74, 6) is -2.21. The first-order valence-corrected chi connectivity index (χ1v) is 12.1. The zero-order chi connectivity index (χ0) is 27.5. The summed E-state index contributed by atoms with van der Waals surface area (Å²) in [7, 11) is 0. The molecule has 7 nitrogen and oxygen atoms in total. The Bertz CT molecular complexity index is 1420. The second-order valence-corrected chi connectivity index (χ2v) is 10.0. The minimum atomic E-state index is -4.66. The van der Waals surface area contributed by atoms with Gasteiger partial charge in [0, 0.05) is 28.4 Å². The largest absolute Gasteiger partial charge is 0.437 e. The summed E-state index contributed by atoms with van der Waals surface area (Å²) in [6.45, 7) is 1.46. The number of ether oxygens (including phenoxy) is 1. The van der Waals surface area contributed by atoms with E-state index in [1.807, 2.05) is 6.07 Å². The number of hydrogen-bond donors (Lipinski definition) is 0. The summed E-state index contributed by atoms with van der Waals surface area (Å²) < 4.78 is 44.0. The molecule has 1 heterocycles. The molecule has 1 aromatic heterocycles. The first kappa shape index (κ1) is 28.5. The Hall–Kier alpha value is -3.04. The molecule has 2 unspecified atom stereocenters. The lowest BCUT2D eigenvalue weighted by Crippen LogP contribution is -2.21. The van der Waals surface area contributed by atoms with Crippen molar-refractivity contribution in [2.45, 2.75) is 29.2 Å². The summed E-state index contributed by atoms with van der Waals surface area (Å²) in [5, 5.41) is 20.2. The van der Waals surface area contributed by atoms with Gasteiger partial charge in [0.25, 0.3) is 5.69 Å². The van der Waals surface area contributed by atoms with Crippen LogP contribution in [-0.2, 0) is 11.0 Å². The van der Waals surface area contributed by atoms with E-state index in [0.717, 1.165) is 17.8 Å². The molecule has 0 fully saturated rings. The van der Waals surface area contributed by atoms with Gasteiger partial charge in [0.05, 0.1) is 26.7 Å². The van der Waals surface area contributed by atoms with Gasteiger partial charge in [-0.25, -0.2) is 4.98 Å². The number of Topliss-reactive ketones (excluding diaryl/α,β-unsaturated/α-hetero) is 1. The minimum Gasteiger partial charge on any atom is -0.437 e. The van der Waals surface area contributed by atoms with Crippen molar-refractivity contribution in [3.8, 4) is 17.7 Å². The third-order valence-corrected chi connectivity index (χ3v) is 6.87. The lowest BCUT2D eigenvalue weighted by atomic mass is 9.94. The Morgan fingerprint density at radius 1 is 1.16 bits per heavy atom.